The van der Waals surface area contributed by atoms with Gasteiger partial charge in [-0.1, -0.05) is 30.3 Å². The summed E-state index contributed by atoms with van der Waals surface area (Å²) in [5, 5.41) is 6.73. The van der Waals surface area contributed by atoms with Crippen LogP contribution in [0.15, 0.2) is 47.5 Å². The summed E-state index contributed by atoms with van der Waals surface area (Å²) in [4.78, 5) is 4.72. The molecule has 2 aromatic carbocycles. The predicted molar refractivity (Wildman–Crippen MR) is 136 cm³/mol. The SMILES string of the molecule is CCNC(=NCc1ccccc1OC)NCc1ccc(C)cc1OCC1CCOC1.I. The second kappa shape index (κ2) is 13.4. The number of guanidine groups is 1. The second-order valence-corrected chi connectivity index (χ2v) is 7.51. The van der Waals surface area contributed by atoms with Crippen molar-refractivity contribution < 1.29 is 14.2 Å². The maximum atomic E-state index is 6.16. The van der Waals surface area contributed by atoms with Gasteiger partial charge in [0.2, 0.25) is 0 Å². The molecular formula is C24H34IN3O3. The topological polar surface area (TPSA) is 64.1 Å². The van der Waals surface area contributed by atoms with Gasteiger partial charge in [-0.15, -0.1) is 24.0 Å². The molecule has 0 spiro atoms. The fraction of sp³-hybridized carbons (Fsp3) is 0.458. The molecule has 2 aromatic rings. The Labute approximate surface area is 202 Å². The van der Waals surface area contributed by atoms with E-state index in [2.05, 4.69) is 42.7 Å². The Bertz CT molecular complexity index is 839. The molecule has 1 aliphatic heterocycles. The van der Waals surface area contributed by atoms with Gasteiger partial charge in [-0.3, -0.25) is 0 Å². The van der Waals surface area contributed by atoms with E-state index in [9.17, 15) is 0 Å². The number of ether oxygens (including phenoxy) is 3. The maximum Gasteiger partial charge on any atom is 0.191 e. The Morgan fingerprint density at radius 3 is 2.71 bits per heavy atom. The highest BCUT2D eigenvalue weighted by Gasteiger charge is 2.17. The van der Waals surface area contributed by atoms with E-state index in [-0.39, 0.29) is 24.0 Å². The molecule has 0 aliphatic carbocycles. The quantitative estimate of drug-likeness (QED) is 0.283. The Kier molecular flexibility index (Phi) is 10.9. The second-order valence-electron chi connectivity index (χ2n) is 7.51. The van der Waals surface area contributed by atoms with E-state index in [1.165, 1.54) is 5.56 Å². The molecule has 1 aliphatic rings. The maximum absolute atomic E-state index is 6.16. The molecule has 1 heterocycles. The smallest absolute Gasteiger partial charge is 0.191 e. The highest BCUT2D eigenvalue weighted by atomic mass is 127. The van der Waals surface area contributed by atoms with E-state index in [0.29, 0.717) is 25.6 Å². The van der Waals surface area contributed by atoms with E-state index >= 15 is 0 Å². The first-order chi connectivity index (χ1) is 14.7. The Morgan fingerprint density at radius 2 is 1.97 bits per heavy atom. The van der Waals surface area contributed by atoms with Crippen molar-refractivity contribution in [3.8, 4) is 11.5 Å². The van der Waals surface area contributed by atoms with Crippen molar-refractivity contribution in [1.82, 2.24) is 10.6 Å². The highest BCUT2D eigenvalue weighted by Crippen LogP contribution is 2.23. The minimum atomic E-state index is 0. The summed E-state index contributed by atoms with van der Waals surface area (Å²) >= 11 is 0. The van der Waals surface area contributed by atoms with Crippen molar-refractivity contribution in [2.45, 2.75) is 33.4 Å². The summed E-state index contributed by atoms with van der Waals surface area (Å²) in [5.74, 6) is 3.02. The highest BCUT2D eigenvalue weighted by molar-refractivity contribution is 14.0. The van der Waals surface area contributed by atoms with E-state index in [0.717, 1.165) is 54.8 Å². The van der Waals surface area contributed by atoms with Crippen molar-refractivity contribution in [3.05, 3.63) is 59.2 Å². The summed E-state index contributed by atoms with van der Waals surface area (Å²) in [6.45, 7) is 8.43. The molecule has 0 radical (unpaired) electrons. The summed E-state index contributed by atoms with van der Waals surface area (Å²) < 4.78 is 17.0. The van der Waals surface area contributed by atoms with E-state index in [1.807, 2.05) is 24.3 Å². The van der Waals surface area contributed by atoms with Gasteiger partial charge < -0.3 is 24.8 Å². The standard InChI is InChI=1S/C24H33N3O3.HI/c1-4-25-24(26-14-20-7-5-6-8-22(20)28-3)27-15-21-10-9-18(2)13-23(21)30-17-19-11-12-29-16-19;/h5-10,13,19H,4,11-12,14-17H2,1-3H3,(H2,25,26,27);1H. The first kappa shape index (κ1) is 25.3. The van der Waals surface area contributed by atoms with Crippen LogP contribution in [0.5, 0.6) is 11.5 Å². The third kappa shape index (κ3) is 7.88. The molecular weight excluding hydrogens is 505 g/mol. The van der Waals surface area contributed by atoms with Gasteiger partial charge in [0.05, 0.1) is 26.9 Å². The van der Waals surface area contributed by atoms with E-state index < -0.39 is 0 Å². The van der Waals surface area contributed by atoms with E-state index in [1.54, 1.807) is 7.11 Å². The van der Waals surface area contributed by atoms with Crippen LogP contribution in [0.1, 0.15) is 30.0 Å². The summed E-state index contributed by atoms with van der Waals surface area (Å²) in [6, 6.07) is 14.3. The molecule has 1 atom stereocenters. The Hall–Kier alpha value is -2.00. The van der Waals surface area contributed by atoms with Crippen LogP contribution in [0.2, 0.25) is 0 Å². The van der Waals surface area contributed by atoms with Gasteiger partial charge in [-0.25, -0.2) is 4.99 Å². The zero-order valence-corrected chi connectivity index (χ0v) is 21.0. The molecule has 6 nitrogen and oxygen atoms in total. The molecule has 2 N–H and O–H groups in total. The average Bonchev–Trinajstić information content (AvgIpc) is 3.29. The third-order valence-electron chi connectivity index (χ3n) is 5.11. The lowest BCUT2D eigenvalue weighted by Gasteiger charge is -2.17. The zero-order valence-electron chi connectivity index (χ0n) is 18.6. The van der Waals surface area contributed by atoms with Crippen LogP contribution in [0.3, 0.4) is 0 Å². The number of hydrogen-bond acceptors (Lipinski definition) is 4. The number of para-hydroxylation sites is 1. The van der Waals surface area contributed by atoms with Gasteiger partial charge in [-0.05, 0) is 38.0 Å². The van der Waals surface area contributed by atoms with Crippen LogP contribution in [-0.2, 0) is 17.8 Å². The van der Waals surface area contributed by atoms with Gasteiger partial charge in [0, 0.05) is 36.7 Å². The molecule has 0 bridgehead atoms. The largest absolute Gasteiger partial charge is 0.496 e. The lowest BCUT2D eigenvalue weighted by molar-refractivity contribution is 0.166. The van der Waals surface area contributed by atoms with Gasteiger partial charge in [0.25, 0.3) is 0 Å². The lowest BCUT2D eigenvalue weighted by Crippen LogP contribution is -2.36. The molecule has 3 rings (SSSR count). The fourth-order valence-electron chi connectivity index (χ4n) is 3.38. The number of hydrogen-bond donors (Lipinski definition) is 2. The molecule has 7 heteroatoms. The van der Waals surface area contributed by atoms with Gasteiger partial charge in [0.15, 0.2) is 5.96 Å². The number of rotatable bonds is 9. The number of nitrogens with one attached hydrogen (secondary N) is 2. The van der Waals surface area contributed by atoms with Crippen LogP contribution < -0.4 is 20.1 Å². The van der Waals surface area contributed by atoms with Crippen molar-refractivity contribution in [2.24, 2.45) is 10.9 Å². The summed E-state index contributed by atoms with van der Waals surface area (Å²) in [6.07, 6.45) is 1.07. The molecule has 31 heavy (non-hydrogen) atoms. The van der Waals surface area contributed by atoms with Crippen molar-refractivity contribution >= 4 is 29.9 Å². The molecule has 0 aromatic heterocycles. The molecule has 1 unspecified atom stereocenters. The molecule has 170 valence electrons. The van der Waals surface area contributed by atoms with Crippen LogP contribution in [0.4, 0.5) is 0 Å². The predicted octanol–water partition coefficient (Wildman–Crippen LogP) is 4.29. The molecule has 1 fully saturated rings. The lowest BCUT2D eigenvalue weighted by atomic mass is 10.1. The average molecular weight is 539 g/mol. The Morgan fingerprint density at radius 1 is 1.13 bits per heavy atom. The van der Waals surface area contributed by atoms with Gasteiger partial charge in [-0.2, -0.15) is 0 Å². The van der Waals surface area contributed by atoms with Crippen LogP contribution in [0.25, 0.3) is 0 Å². The number of aliphatic imine (C=N–C) groups is 1. The normalized spacial score (nSPS) is 15.8. The first-order valence-corrected chi connectivity index (χ1v) is 10.6. The number of halogens is 1. The minimum absolute atomic E-state index is 0. The van der Waals surface area contributed by atoms with Crippen molar-refractivity contribution in [2.75, 3.05) is 33.5 Å². The Balaban J connectivity index is 0.00000341. The summed E-state index contributed by atoms with van der Waals surface area (Å²) in [7, 11) is 1.68. The zero-order chi connectivity index (χ0) is 21.2. The number of aryl methyl sites for hydroxylation is 1. The van der Waals surface area contributed by atoms with Gasteiger partial charge >= 0.3 is 0 Å². The molecule has 0 amide bonds. The van der Waals surface area contributed by atoms with Crippen molar-refractivity contribution in [1.29, 1.82) is 0 Å². The fourth-order valence-corrected chi connectivity index (χ4v) is 3.38. The summed E-state index contributed by atoms with van der Waals surface area (Å²) in [5.41, 5.74) is 3.35. The van der Waals surface area contributed by atoms with E-state index in [4.69, 9.17) is 19.2 Å². The first-order valence-electron chi connectivity index (χ1n) is 10.6. The minimum Gasteiger partial charge on any atom is -0.496 e. The number of benzene rings is 2. The number of methoxy groups -OCH3 is 1. The van der Waals surface area contributed by atoms with Crippen LogP contribution in [0, 0.1) is 12.8 Å². The van der Waals surface area contributed by atoms with Crippen molar-refractivity contribution in [3.63, 3.8) is 0 Å². The number of nitrogens with zero attached hydrogens (tertiary/aromatic N) is 1. The third-order valence-corrected chi connectivity index (χ3v) is 5.11. The monoisotopic (exact) mass is 539 g/mol. The molecule has 1 saturated heterocycles. The van der Waals surface area contributed by atoms with Crippen LogP contribution in [-0.4, -0.2) is 39.4 Å². The van der Waals surface area contributed by atoms with Gasteiger partial charge in [0.1, 0.15) is 11.5 Å². The molecule has 0 saturated carbocycles. The van der Waals surface area contributed by atoms with Crippen LogP contribution >= 0.6 is 24.0 Å².